The smallest absolute Gasteiger partial charge is 0.255 e. The lowest BCUT2D eigenvalue weighted by molar-refractivity contribution is -0.104. The first-order valence-corrected chi connectivity index (χ1v) is 12.6. The Morgan fingerprint density at radius 3 is 2.29 bits per heavy atom. The van der Waals surface area contributed by atoms with Gasteiger partial charge in [-0.3, -0.25) is 4.79 Å². The number of benzene rings is 2. The number of sulfone groups is 1. The van der Waals surface area contributed by atoms with Crippen molar-refractivity contribution < 1.29 is 36.2 Å². The SMILES string of the molecule is COC[C@]1(O)C2CC[C@H]1C[C@H](S(=O)(=O)c1cc(C(=O)Nc3cc(F)c(F)c(F)c3)ccc1Cl)C2. The zero-order valence-electron chi connectivity index (χ0n) is 18.2. The second-order valence-corrected chi connectivity index (χ2v) is 11.5. The summed E-state index contributed by atoms with van der Waals surface area (Å²) in [5, 5.41) is 12.4. The average Bonchev–Trinajstić information content (AvgIpc) is 2.93. The molecule has 2 N–H and O–H groups in total. The number of hydrogen-bond donors (Lipinski definition) is 2. The number of methoxy groups -OCH3 is 1. The van der Waals surface area contributed by atoms with E-state index in [4.69, 9.17) is 16.3 Å². The lowest BCUT2D eigenvalue weighted by Gasteiger charge is -2.42. The molecule has 0 aromatic heterocycles. The lowest BCUT2D eigenvalue weighted by Crippen LogP contribution is -2.51. The number of rotatable bonds is 6. The van der Waals surface area contributed by atoms with Gasteiger partial charge in [-0.05, 0) is 55.7 Å². The van der Waals surface area contributed by atoms with Crippen molar-refractivity contribution in [2.24, 2.45) is 11.8 Å². The first-order valence-electron chi connectivity index (χ1n) is 10.7. The van der Waals surface area contributed by atoms with Crippen LogP contribution in [-0.2, 0) is 14.6 Å². The Balaban J connectivity index is 1.59. The second kappa shape index (κ2) is 9.14. The average molecular weight is 518 g/mol. The topological polar surface area (TPSA) is 92.7 Å². The van der Waals surface area contributed by atoms with E-state index in [-0.39, 0.29) is 52.5 Å². The van der Waals surface area contributed by atoms with Crippen LogP contribution >= 0.6 is 11.6 Å². The Bertz CT molecular complexity index is 1200. The van der Waals surface area contributed by atoms with Gasteiger partial charge in [0.05, 0.1) is 27.4 Å². The Morgan fingerprint density at radius 1 is 1.15 bits per heavy atom. The molecule has 0 aliphatic heterocycles. The monoisotopic (exact) mass is 517 g/mol. The molecule has 0 spiro atoms. The Kier molecular flexibility index (Phi) is 6.71. The van der Waals surface area contributed by atoms with Gasteiger partial charge in [0, 0.05) is 30.5 Å². The number of anilines is 1. The van der Waals surface area contributed by atoms with Gasteiger partial charge in [-0.15, -0.1) is 0 Å². The van der Waals surface area contributed by atoms with Crippen LogP contribution in [0.2, 0.25) is 5.02 Å². The molecule has 2 saturated carbocycles. The molecule has 2 aromatic carbocycles. The van der Waals surface area contributed by atoms with E-state index >= 15 is 0 Å². The number of nitrogens with one attached hydrogen (secondary N) is 1. The summed E-state index contributed by atoms with van der Waals surface area (Å²) in [4.78, 5) is 12.4. The highest BCUT2D eigenvalue weighted by Gasteiger charge is 2.55. The van der Waals surface area contributed by atoms with Crippen molar-refractivity contribution in [2.75, 3.05) is 19.0 Å². The number of aliphatic hydroxyl groups is 1. The van der Waals surface area contributed by atoms with Crippen molar-refractivity contribution in [1.29, 1.82) is 0 Å². The third kappa shape index (κ3) is 4.32. The molecule has 0 saturated heterocycles. The fourth-order valence-corrected chi connectivity index (χ4v) is 7.61. The standard InChI is InChI=1S/C23H23ClF3NO5S/c1-33-11-23(30)13-3-4-14(23)8-16(7-13)34(31,32)20-6-12(2-5-17(20)24)22(29)28-15-9-18(25)21(27)19(26)10-15/h2,5-6,9-10,13-14,16,30H,3-4,7-8,11H2,1H3,(H,28,29)/t13-,14?,16-,23+/m0/s1. The molecule has 0 radical (unpaired) electrons. The van der Waals surface area contributed by atoms with Gasteiger partial charge in [0.1, 0.15) is 0 Å². The molecule has 4 rings (SSSR count). The second-order valence-electron chi connectivity index (χ2n) is 8.89. The van der Waals surface area contributed by atoms with E-state index < -0.39 is 44.0 Å². The van der Waals surface area contributed by atoms with Crippen molar-refractivity contribution in [2.45, 2.75) is 41.4 Å². The van der Waals surface area contributed by atoms with Crippen LogP contribution in [0.25, 0.3) is 0 Å². The predicted octanol–water partition coefficient (Wildman–Crippen LogP) is 4.35. The minimum absolute atomic E-state index is 0.0690. The molecule has 11 heteroatoms. The normalized spacial score (nSPS) is 26.5. The van der Waals surface area contributed by atoms with Gasteiger partial charge in [-0.2, -0.15) is 0 Å². The zero-order chi connectivity index (χ0) is 24.8. The molecule has 34 heavy (non-hydrogen) atoms. The van der Waals surface area contributed by atoms with E-state index in [1.54, 1.807) is 0 Å². The molecular formula is C23H23ClF3NO5S. The van der Waals surface area contributed by atoms with Crippen LogP contribution in [0.5, 0.6) is 0 Å². The van der Waals surface area contributed by atoms with Crippen LogP contribution in [0.4, 0.5) is 18.9 Å². The van der Waals surface area contributed by atoms with E-state index in [1.807, 2.05) is 0 Å². The minimum Gasteiger partial charge on any atom is -0.387 e. The number of ether oxygens (including phenoxy) is 1. The number of carbonyl (C=O) groups is 1. The van der Waals surface area contributed by atoms with Gasteiger partial charge in [0.25, 0.3) is 5.91 Å². The van der Waals surface area contributed by atoms with Gasteiger partial charge in [0.2, 0.25) is 0 Å². The number of amides is 1. The van der Waals surface area contributed by atoms with Crippen LogP contribution < -0.4 is 5.32 Å². The maximum atomic E-state index is 13.5. The van der Waals surface area contributed by atoms with Gasteiger partial charge in [-0.1, -0.05) is 11.6 Å². The van der Waals surface area contributed by atoms with Crippen LogP contribution in [0.15, 0.2) is 35.2 Å². The fourth-order valence-electron chi connectivity index (χ4n) is 5.20. The van der Waals surface area contributed by atoms with Gasteiger partial charge >= 0.3 is 0 Å². The molecule has 1 unspecified atom stereocenters. The number of carbonyl (C=O) groups excluding carboxylic acids is 1. The quantitative estimate of drug-likeness (QED) is 0.556. The van der Waals surface area contributed by atoms with E-state index in [0.29, 0.717) is 25.0 Å². The van der Waals surface area contributed by atoms with E-state index in [2.05, 4.69) is 5.32 Å². The van der Waals surface area contributed by atoms with Gasteiger partial charge in [0.15, 0.2) is 27.3 Å². The first kappa shape index (κ1) is 25.0. The molecule has 2 aliphatic rings. The lowest BCUT2D eigenvalue weighted by atomic mass is 9.75. The van der Waals surface area contributed by atoms with E-state index in [0.717, 1.165) is 6.07 Å². The maximum absolute atomic E-state index is 13.5. The first-order chi connectivity index (χ1) is 16.0. The molecule has 0 heterocycles. The largest absolute Gasteiger partial charge is 0.387 e. The molecule has 184 valence electrons. The molecule has 2 fully saturated rings. The van der Waals surface area contributed by atoms with Crippen LogP contribution in [0.1, 0.15) is 36.0 Å². The van der Waals surface area contributed by atoms with Crippen molar-refractivity contribution in [3.05, 3.63) is 58.4 Å². The summed E-state index contributed by atoms with van der Waals surface area (Å²) in [6.45, 7) is 0.135. The molecule has 2 bridgehead atoms. The van der Waals surface area contributed by atoms with Crippen molar-refractivity contribution in [3.63, 3.8) is 0 Å². The molecule has 1 amide bonds. The van der Waals surface area contributed by atoms with Crippen molar-refractivity contribution in [1.82, 2.24) is 0 Å². The summed E-state index contributed by atoms with van der Waals surface area (Å²) in [6.07, 6.45) is 1.86. The number of hydrogen-bond acceptors (Lipinski definition) is 5. The highest BCUT2D eigenvalue weighted by Crippen LogP contribution is 2.52. The third-order valence-electron chi connectivity index (χ3n) is 6.93. The van der Waals surface area contributed by atoms with Crippen molar-refractivity contribution in [3.8, 4) is 0 Å². The Hall–Kier alpha value is -2.14. The predicted molar refractivity (Wildman–Crippen MR) is 119 cm³/mol. The number of fused-ring (bicyclic) bond motifs is 2. The molecular weight excluding hydrogens is 495 g/mol. The minimum atomic E-state index is -3.97. The van der Waals surface area contributed by atoms with Crippen LogP contribution in [0, 0.1) is 29.3 Å². The maximum Gasteiger partial charge on any atom is 0.255 e. The van der Waals surface area contributed by atoms with E-state index in [1.165, 1.54) is 19.2 Å². The summed E-state index contributed by atoms with van der Waals surface area (Å²) >= 11 is 6.20. The summed E-state index contributed by atoms with van der Waals surface area (Å²) < 4.78 is 72.2. The van der Waals surface area contributed by atoms with E-state index in [9.17, 15) is 31.5 Å². The highest BCUT2D eigenvalue weighted by atomic mass is 35.5. The Morgan fingerprint density at radius 2 is 1.74 bits per heavy atom. The van der Waals surface area contributed by atoms with Crippen LogP contribution in [0.3, 0.4) is 0 Å². The van der Waals surface area contributed by atoms with Crippen LogP contribution in [-0.4, -0.2) is 44.0 Å². The summed E-state index contributed by atoms with van der Waals surface area (Å²) in [7, 11) is -2.47. The zero-order valence-corrected chi connectivity index (χ0v) is 19.7. The van der Waals surface area contributed by atoms with Gasteiger partial charge in [-0.25, -0.2) is 21.6 Å². The molecule has 2 aliphatic carbocycles. The molecule has 6 nitrogen and oxygen atoms in total. The summed E-state index contributed by atoms with van der Waals surface area (Å²) in [5.41, 5.74) is -1.50. The molecule has 4 atom stereocenters. The third-order valence-corrected chi connectivity index (χ3v) is 9.58. The van der Waals surface area contributed by atoms with Gasteiger partial charge < -0.3 is 15.2 Å². The fraction of sp³-hybridized carbons (Fsp3) is 0.435. The Labute approximate surface area is 200 Å². The highest BCUT2D eigenvalue weighted by molar-refractivity contribution is 7.92. The number of halogens is 4. The summed E-state index contributed by atoms with van der Waals surface area (Å²) in [6, 6.07) is 4.87. The summed E-state index contributed by atoms with van der Waals surface area (Å²) in [5.74, 6) is -5.95. The molecule has 2 aromatic rings. The van der Waals surface area contributed by atoms with Crippen molar-refractivity contribution >= 4 is 33.0 Å².